The number of sulfonamides is 1. The lowest BCUT2D eigenvalue weighted by atomic mass is 10.1. The Kier molecular flexibility index (Phi) is 4.11. The van der Waals surface area contributed by atoms with Crippen LogP contribution in [0.25, 0.3) is 0 Å². The summed E-state index contributed by atoms with van der Waals surface area (Å²) < 4.78 is 22.2. The third-order valence-electron chi connectivity index (χ3n) is 3.27. The van der Waals surface area contributed by atoms with Gasteiger partial charge in [-0.15, -0.1) is 0 Å². The van der Waals surface area contributed by atoms with Gasteiger partial charge in [-0.1, -0.05) is 0 Å². The van der Waals surface area contributed by atoms with Crippen LogP contribution < -0.4 is 10.0 Å². The summed E-state index contributed by atoms with van der Waals surface area (Å²) in [6.07, 6.45) is -0.0480. The molecule has 2 rings (SSSR count). The summed E-state index contributed by atoms with van der Waals surface area (Å²) in [5, 5.41) is 24.9. The number of carbonyl (C=O) groups excluding carboxylic acids is 1. The fraction of sp³-hybridized carbons (Fsp3) is 0.333. The molecule has 1 unspecified atom stereocenters. The van der Waals surface area contributed by atoms with E-state index in [1.807, 2.05) is 0 Å². The number of nitro groups is 1. The number of hydrogen-bond donors (Lipinski definition) is 1. The Hall–Kier alpha value is -2.51. The zero-order valence-electron chi connectivity index (χ0n) is 11.3. The Morgan fingerprint density at radius 1 is 1.50 bits per heavy atom. The van der Waals surface area contributed by atoms with Crippen molar-refractivity contribution in [2.75, 3.05) is 17.2 Å². The van der Waals surface area contributed by atoms with Gasteiger partial charge in [-0.05, 0) is 12.1 Å². The Balaban J connectivity index is 2.35. The number of nitrogens with two attached hydrogens (primary N) is 1. The van der Waals surface area contributed by atoms with Crippen molar-refractivity contribution < 1.29 is 18.1 Å². The predicted octanol–water partition coefficient (Wildman–Crippen LogP) is 0.108. The van der Waals surface area contributed by atoms with E-state index in [4.69, 9.17) is 10.4 Å². The van der Waals surface area contributed by atoms with Crippen molar-refractivity contribution in [3.05, 3.63) is 33.9 Å². The van der Waals surface area contributed by atoms with Gasteiger partial charge >= 0.3 is 0 Å². The van der Waals surface area contributed by atoms with Gasteiger partial charge in [-0.2, -0.15) is 5.26 Å². The normalized spacial score (nSPS) is 18.3. The van der Waals surface area contributed by atoms with Crippen LogP contribution in [0.4, 0.5) is 11.4 Å². The quantitative estimate of drug-likeness (QED) is 0.614. The first kappa shape index (κ1) is 15.9. The predicted molar refractivity (Wildman–Crippen MR) is 76.2 cm³/mol. The molecule has 2 N–H and O–H groups in total. The van der Waals surface area contributed by atoms with Crippen LogP contribution in [0.2, 0.25) is 0 Å². The van der Waals surface area contributed by atoms with Gasteiger partial charge in [0.15, 0.2) is 0 Å². The standard InChI is InChI=1S/C12H12N4O5S/c13-5-8-1-2-10(11(3-8)16(18)19)15-6-9(4-12(15)17)7-22(14,20)21/h1-3,9H,4,6-7H2,(H2,14,20,21). The number of amides is 1. The molecule has 1 saturated heterocycles. The third-order valence-corrected chi connectivity index (χ3v) is 4.20. The van der Waals surface area contributed by atoms with E-state index in [1.54, 1.807) is 6.07 Å². The van der Waals surface area contributed by atoms with E-state index >= 15 is 0 Å². The van der Waals surface area contributed by atoms with Gasteiger partial charge in [0, 0.05) is 24.9 Å². The van der Waals surface area contributed by atoms with E-state index in [-0.39, 0.29) is 35.7 Å². The highest BCUT2D eigenvalue weighted by Crippen LogP contribution is 2.33. The topological polar surface area (TPSA) is 147 Å². The SMILES string of the molecule is N#Cc1ccc(N2CC(CS(N)(=O)=O)CC2=O)c([N+](=O)[O-])c1. The maximum atomic E-state index is 12.0. The zero-order valence-corrected chi connectivity index (χ0v) is 12.1. The molecule has 1 atom stereocenters. The fourth-order valence-electron chi connectivity index (χ4n) is 2.42. The molecule has 0 bridgehead atoms. The Labute approximate surface area is 126 Å². The summed E-state index contributed by atoms with van der Waals surface area (Å²) in [4.78, 5) is 23.6. The lowest BCUT2D eigenvalue weighted by Gasteiger charge is -2.16. The first-order valence-electron chi connectivity index (χ1n) is 6.20. The number of primary sulfonamides is 1. The number of benzene rings is 1. The molecule has 1 aliphatic rings. The minimum Gasteiger partial charge on any atom is -0.306 e. The number of nitriles is 1. The van der Waals surface area contributed by atoms with E-state index in [9.17, 15) is 23.3 Å². The molecule has 116 valence electrons. The summed E-state index contributed by atoms with van der Waals surface area (Å²) in [6, 6.07) is 5.54. The number of rotatable bonds is 4. The van der Waals surface area contributed by atoms with Crippen molar-refractivity contribution in [1.29, 1.82) is 5.26 Å². The molecule has 1 aliphatic heterocycles. The van der Waals surface area contributed by atoms with Crippen LogP contribution in [0.3, 0.4) is 0 Å². The molecule has 0 radical (unpaired) electrons. The first-order chi connectivity index (χ1) is 10.2. The van der Waals surface area contributed by atoms with E-state index in [0.29, 0.717) is 0 Å². The molecule has 1 heterocycles. The van der Waals surface area contributed by atoms with Gasteiger partial charge in [-0.25, -0.2) is 13.6 Å². The number of hydrogen-bond acceptors (Lipinski definition) is 6. The Bertz CT molecular complexity index is 783. The van der Waals surface area contributed by atoms with Gasteiger partial charge in [0.25, 0.3) is 5.69 Å². The van der Waals surface area contributed by atoms with E-state index in [2.05, 4.69) is 0 Å². The Morgan fingerprint density at radius 2 is 2.18 bits per heavy atom. The summed E-state index contributed by atoms with van der Waals surface area (Å²) >= 11 is 0. The van der Waals surface area contributed by atoms with Gasteiger partial charge in [-0.3, -0.25) is 14.9 Å². The summed E-state index contributed by atoms with van der Waals surface area (Å²) in [7, 11) is -3.73. The van der Waals surface area contributed by atoms with Crippen molar-refractivity contribution in [3.8, 4) is 6.07 Å². The number of nitro benzene ring substituents is 1. The van der Waals surface area contributed by atoms with Gasteiger partial charge in [0.1, 0.15) is 5.69 Å². The smallest absolute Gasteiger partial charge is 0.294 e. The number of nitrogens with zero attached hydrogens (tertiary/aromatic N) is 3. The zero-order chi connectivity index (χ0) is 16.5. The minimum absolute atomic E-state index is 0.0298. The maximum absolute atomic E-state index is 12.0. The van der Waals surface area contributed by atoms with Crippen LogP contribution in [0.15, 0.2) is 18.2 Å². The molecule has 10 heteroatoms. The maximum Gasteiger partial charge on any atom is 0.294 e. The molecule has 0 saturated carbocycles. The van der Waals surface area contributed by atoms with Gasteiger partial charge in [0.05, 0.1) is 22.3 Å². The van der Waals surface area contributed by atoms with Crippen molar-refractivity contribution in [3.63, 3.8) is 0 Å². The molecule has 1 aromatic rings. The van der Waals surface area contributed by atoms with Gasteiger partial charge < -0.3 is 4.90 Å². The fourth-order valence-corrected chi connectivity index (χ4v) is 3.30. The largest absolute Gasteiger partial charge is 0.306 e. The highest BCUT2D eigenvalue weighted by Gasteiger charge is 2.35. The number of carbonyl (C=O) groups is 1. The molecule has 0 aliphatic carbocycles. The van der Waals surface area contributed by atoms with Crippen LogP contribution in [0.1, 0.15) is 12.0 Å². The molecule has 1 fully saturated rings. The van der Waals surface area contributed by atoms with Crippen LogP contribution in [-0.4, -0.2) is 31.5 Å². The molecular formula is C12H12N4O5S. The molecule has 1 amide bonds. The van der Waals surface area contributed by atoms with Crippen LogP contribution in [0.5, 0.6) is 0 Å². The van der Waals surface area contributed by atoms with Crippen LogP contribution in [-0.2, 0) is 14.8 Å². The number of anilines is 1. The average Bonchev–Trinajstić information content (AvgIpc) is 2.76. The minimum atomic E-state index is -3.73. The van der Waals surface area contributed by atoms with E-state index < -0.39 is 26.8 Å². The second-order valence-corrected chi connectivity index (χ2v) is 6.64. The van der Waals surface area contributed by atoms with Crippen molar-refractivity contribution >= 4 is 27.3 Å². The monoisotopic (exact) mass is 324 g/mol. The van der Waals surface area contributed by atoms with Crippen molar-refractivity contribution in [1.82, 2.24) is 0 Å². The molecule has 9 nitrogen and oxygen atoms in total. The molecule has 0 aromatic heterocycles. The summed E-state index contributed by atoms with van der Waals surface area (Å²) in [5.41, 5.74) is -0.224. The van der Waals surface area contributed by atoms with Crippen LogP contribution in [0, 0.1) is 27.4 Å². The van der Waals surface area contributed by atoms with Gasteiger partial charge in [0.2, 0.25) is 15.9 Å². The Morgan fingerprint density at radius 3 is 2.73 bits per heavy atom. The lowest BCUT2D eigenvalue weighted by molar-refractivity contribution is -0.384. The molecule has 1 aromatic carbocycles. The summed E-state index contributed by atoms with van der Waals surface area (Å²) in [5.74, 6) is -1.29. The second-order valence-electron chi connectivity index (χ2n) is 4.98. The van der Waals surface area contributed by atoms with E-state index in [0.717, 1.165) is 11.0 Å². The second kappa shape index (κ2) is 5.70. The lowest BCUT2D eigenvalue weighted by Crippen LogP contribution is -2.28. The van der Waals surface area contributed by atoms with Crippen LogP contribution >= 0.6 is 0 Å². The molecule has 22 heavy (non-hydrogen) atoms. The van der Waals surface area contributed by atoms with E-state index in [1.165, 1.54) is 12.1 Å². The highest BCUT2D eigenvalue weighted by molar-refractivity contribution is 7.89. The molecule has 0 spiro atoms. The highest BCUT2D eigenvalue weighted by atomic mass is 32.2. The average molecular weight is 324 g/mol. The summed E-state index contributed by atoms with van der Waals surface area (Å²) in [6.45, 7) is 0.0298. The van der Waals surface area contributed by atoms with Crippen molar-refractivity contribution in [2.45, 2.75) is 6.42 Å². The first-order valence-corrected chi connectivity index (χ1v) is 7.92. The third kappa shape index (κ3) is 3.38. The van der Waals surface area contributed by atoms with Crippen molar-refractivity contribution in [2.24, 2.45) is 11.1 Å². The molecular weight excluding hydrogens is 312 g/mol.